The van der Waals surface area contributed by atoms with Crippen LogP contribution in [0.3, 0.4) is 0 Å². The second-order valence-electron chi connectivity index (χ2n) is 4.22. The summed E-state index contributed by atoms with van der Waals surface area (Å²) in [6.07, 6.45) is 4.15. The predicted octanol–water partition coefficient (Wildman–Crippen LogP) is 1.62. The molecule has 1 aromatic heterocycles. The quantitative estimate of drug-likeness (QED) is 0.502. The molecule has 5 nitrogen and oxygen atoms in total. The van der Waals surface area contributed by atoms with E-state index in [9.17, 15) is 0 Å². The van der Waals surface area contributed by atoms with Crippen molar-refractivity contribution in [3.8, 4) is 5.88 Å². The fourth-order valence-electron chi connectivity index (χ4n) is 1.59. The number of methoxy groups -OCH3 is 1. The molecule has 0 aromatic carbocycles. The summed E-state index contributed by atoms with van der Waals surface area (Å²) in [6.45, 7) is 0.557. The number of nitrogens with two attached hydrogens (primary N) is 1. The Kier molecular flexibility index (Phi) is 5.64. The second kappa shape index (κ2) is 6.77. The van der Waals surface area contributed by atoms with Crippen LogP contribution in [0.5, 0.6) is 5.88 Å². The molecule has 18 heavy (non-hydrogen) atoms. The molecule has 1 heterocycles. The lowest BCUT2D eigenvalue weighted by atomic mass is 10.3. The fourth-order valence-corrected chi connectivity index (χ4v) is 1.59. The van der Waals surface area contributed by atoms with Gasteiger partial charge in [0, 0.05) is 25.4 Å². The van der Waals surface area contributed by atoms with E-state index >= 15 is 0 Å². The molecule has 0 amide bonds. The Morgan fingerprint density at radius 1 is 1.61 bits per heavy atom. The average molecular weight is 362 g/mol. The van der Waals surface area contributed by atoms with Gasteiger partial charge < -0.3 is 15.4 Å². The number of pyridine rings is 1. The molecule has 0 bridgehead atoms. The van der Waals surface area contributed by atoms with Gasteiger partial charge in [-0.2, -0.15) is 0 Å². The molecule has 1 saturated carbocycles. The molecule has 0 atom stereocenters. The van der Waals surface area contributed by atoms with Crippen molar-refractivity contribution in [1.29, 1.82) is 0 Å². The smallest absolute Gasteiger partial charge is 0.213 e. The van der Waals surface area contributed by atoms with Gasteiger partial charge in [-0.15, -0.1) is 24.0 Å². The summed E-state index contributed by atoms with van der Waals surface area (Å²) in [5, 5.41) is 0. The minimum absolute atomic E-state index is 0. The lowest BCUT2D eigenvalue weighted by Gasteiger charge is -2.16. The molecule has 0 radical (unpaired) electrons. The Morgan fingerprint density at radius 2 is 2.33 bits per heavy atom. The topological polar surface area (TPSA) is 63.7 Å². The SMILES string of the molecule is COc1cc(CN=C(N)N(C)C2CC2)ccn1.I. The van der Waals surface area contributed by atoms with E-state index in [2.05, 4.69) is 9.98 Å². The zero-order valence-corrected chi connectivity index (χ0v) is 13.0. The first kappa shape index (κ1) is 15.0. The summed E-state index contributed by atoms with van der Waals surface area (Å²) in [6, 6.07) is 4.37. The Morgan fingerprint density at radius 3 is 2.94 bits per heavy atom. The Balaban J connectivity index is 0.00000162. The summed E-state index contributed by atoms with van der Waals surface area (Å²) in [4.78, 5) is 10.5. The maximum Gasteiger partial charge on any atom is 0.213 e. The third-order valence-corrected chi connectivity index (χ3v) is 2.89. The van der Waals surface area contributed by atoms with Crippen molar-refractivity contribution in [3.63, 3.8) is 0 Å². The minimum atomic E-state index is 0. The Labute approximate surface area is 124 Å². The molecule has 0 aliphatic heterocycles. The summed E-state index contributed by atoms with van der Waals surface area (Å²) in [5.41, 5.74) is 6.95. The highest BCUT2D eigenvalue weighted by Crippen LogP contribution is 2.24. The molecule has 0 unspecified atom stereocenters. The lowest BCUT2D eigenvalue weighted by Crippen LogP contribution is -2.35. The van der Waals surface area contributed by atoms with Crippen LogP contribution in [0.1, 0.15) is 18.4 Å². The number of nitrogens with zero attached hydrogens (tertiary/aromatic N) is 3. The van der Waals surface area contributed by atoms with E-state index in [1.54, 1.807) is 13.3 Å². The van der Waals surface area contributed by atoms with Gasteiger partial charge in [0.1, 0.15) is 0 Å². The predicted molar refractivity (Wildman–Crippen MR) is 82.3 cm³/mol. The summed E-state index contributed by atoms with van der Waals surface area (Å²) < 4.78 is 5.06. The lowest BCUT2D eigenvalue weighted by molar-refractivity contribution is 0.397. The Bertz CT molecular complexity index is 420. The van der Waals surface area contributed by atoms with Crippen LogP contribution in [0.4, 0.5) is 0 Å². The van der Waals surface area contributed by atoms with Gasteiger partial charge in [0.25, 0.3) is 0 Å². The van der Waals surface area contributed by atoms with Gasteiger partial charge in [0.15, 0.2) is 5.96 Å². The summed E-state index contributed by atoms with van der Waals surface area (Å²) in [5.74, 6) is 1.20. The van der Waals surface area contributed by atoms with E-state index in [4.69, 9.17) is 10.5 Å². The van der Waals surface area contributed by atoms with Crippen molar-refractivity contribution in [2.45, 2.75) is 25.4 Å². The molecule has 0 saturated heterocycles. The first-order chi connectivity index (χ1) is 8.20. The molecule has 1 aromatic rings. The van der Waals surface area contributed by atoms with Crippen LogP contribution in [-0.2, 0) is 6.54 Å². The van der Waals surface area contributed by atoms with Crippen molar-refractivity contribution in [2.24, 2.45) is 10.7 Å². The highest BCUT2D eigenvalue weighted by Gasteiger charge is 2.27. The van der Waals surface area contributed by atoms with Crippen LogP contribution in [0.2, 0.25) is 0 Å². The first-order valence-corrected chi connectivity index (χ1v) is 5.72. The average Bonchev–Trinajstić information content (AvgIpc) is 3.19. The number of hydrogen-bond donors (Lipinski definition) is 1. The molecule has 2 rings (SSSR count). The minimum Gasteiger partial charge on any atom is -0.481 e. The molecule has 1 fully saturated rings. The van der Waals surface area contributed by atoms with E-state index in [1.807, 2.05) is 24.1 Å². The van der Waals surface area contributed by atoms with E-state index in [0.717, 1.165) is 5.56 Å². The van der Waals surface area contributed by atoms with E-state index in [-0.39, 0.29) is 24.0 Å². The highest BCUT2D eigenvalue weighted by molar-refractivity contribution is 14.0. The molecule has 100 valence electrons. The largest absolute Gasteiger partial charge is 0.481 e. The molecule has 0 spiro atoms. The van der Waals surface area contributed by atoms with Gasteiger partial charge in [0.2, 0.25) is 5.88 Å². The van der Waals surface area contributed by atoms with Crippen LogP contribution < -0.4 is 10.5 Å². The normalized spacial score (nSPS) is 14.9. The van der Waals surface area contributed by atoms with Crippen LogP contribution in [0.25, 0.3) is 0 Å². The first-order valence-electron chi connectivity index (χ1n) is 5.72. The number of aliphatic imine (C=N–C) groups is 1. The molecule has 6 heteroatoms. The van der Waals surface area contributed by atoms with Gasteiger partial charge in [-0.05, 0) is 24.5 Å². The third kappa shape index (κ3) is 4.01. The van der Waals surface area contributed by atoms with Gasteiger partial charge in [-0.1, -0.05) is 0 Å². The van der Waals surface area contributed by atoms with Crippen LogP contribution in [-0.4, -0.2) is 36.0 Å². The summed E-state index contributed by atoms with van der Waals surface area (Å²) in [7, 11) is 3.59. The number of guanidine groups is 1. The molecule has 1 aliphatic rings. The molecular formula is C12H19IN4O. The number of hydrogen-bond acceptors (Lipinski definition) is 3. The number of rotatable bonds is 4. The van der Waals surface area contributed by atoms with Crippen molar-refractivity contribution >= 4 is 29.9 Å². The van der Waals surface area contributed by atoms with Crippen LogP contribution in [0.15, 0.2) is 23.3 Å². The number of aromatic nitrogens is 1. The second-order valence-corrected chi connectivity index (χ2v) is 4.22. The third-order valence-electron chi connectivity index (χ3n) is 2.89. The number of halogens is 1. The van der Waals surface area contributed by atoms with Gasteiger partial charge in [0.05, 0.1) is 13.7 Å². The van der Waals surface area contributed by atoms with Crippen LogP contribution >= 0.6 is 24.0 Å². The van der Waals surface area contributed by atoms with Gasteiger partial charge in [-0.3, -0.25) is 0 Å². The maximum absolute atomic E-state index is 5.91. The van der Waals surface area contributed by atoms with Crippen molar-refractivity contribution in [2.75, 3.05) is 14.2 Å². The zero-order valence-electron chi connectivity index (χ0n) is 10.7. The maximum atomic E-state index is 5.91. The van der Waals surface area contributed by atoms with E-state index in [1.165, 1.54) is 12.8 Å². The zero-order chi connectivity index (χ0) is 12.3. The Hall–Kier alpha value is -1.05. The molecular weight excluding hydrogens is 343 g/mol. The van der Waals surface area contributed by atoms with Crippen molar-refractivity contribution < 1.29 is 4.74 Å². The molecule has 2 N–H and O–H groups in total. The van der Waals surface area contributed by atoms with E-state index < -0.39 is 0 Å². The number of ether oxygens (including phenoxy) is 1. The van der Waals surface area contributed by atoms with Gasteiger partial charge in [-0.25, -0.2) is 9.98 Å². The molecule has 1 aliphatic carbocycles. The van der Waals surface area contributed by atoms with Gasteiger partial charge >= 0.3 is 0 Å². The summed E-state index contributed by atoms with van der Waals surface area (Å²) >= 11 is 0. The standard InChI is InChI=1S/C12H18N4O.HI/c1-16(10-3-4-10)12(13)15-8-9-5-6-14-11(7-9)17-2;/h5-7,10H,3-4,8H2,1-2H3,(H2,13,15);1H. The van der Waals surface area contributed by atoms with Crippen molar-refractivity contribution in [3.05, 3.63) is 23.9 Å². The van der Waals surface area contributed by atoms with Crippen molar-refractivity contribution in [1.82, 2.24) is 9.88 Å². The monoisotopic (exact) mass is 362 g/mol. The van der Waals surface area contributed by atoms with Crippen LogP contribution in [0, 0.1) is 0 Å². The fraction of sp³-hybridized carbons (Fsp3) is 0.500. The van der Waals surface area contributed by atoms with E-state index in [0.29, 0.717) is 24.4 Å². The highest BCUT2D eigenvalue weighted by atomic mass is 127.